The number of benzene rings is 1. The van der Waals surface area contributed by atoms with Crippen molar-refractivity contribution in [1.82, 2.24) is 10.2 Å². The molecule has 0 fully saturated rings. The number of aliphatic carboxylic acids is 1. The third-order valence-electron chi connectivity index (χ3n) is 3.31. The Kier molecular flexibility index (Phi) is 7.34. The Hall–Kier alpha value is -1.60. The van der Waals surface area contributed by atoms with E-state index in [0.29, 0.717) is 19.6 Å². The molecule has 0 aliphatic heterocycles. The van der Waals surface area contributed by atoms with E-state index >= 15 is 0 Å². The average molecular weight is 373 g/mol. The van der Waals surface area contributed by atoms with Crippen LogP contribution in [0.25, 0.3) is 0 Å². The zero-order valence-corrected chi connectivity index (χ0v) is 14.5. The maximum Gasteiger partial charge on any atom is 0.320 e. The molecule has 1 aromatic rings. The van der Waals surface area contributed by atoms with Crippen LogP contribution in [0.15, 0.2) is 22.7 Å². The van der Waals surface area contributed by atoms with Gasteiger partial charge >= 0.3 is 5.97 Å². The minimum absolute atomic E-state index is 0.131. The maximum absolute atomic E-state index is 11.3. The summed E-state index contributed by atoms with van der Waals surface area (Å²) < 4.78 is 6.00. The van der Waals surface area contributed by atoms with Gasteiger partial charge < -0.3 is 15.2 Å². The zero-order valence-electron chi connectivity index (χ0n) is 12.9. The number of nitrogens with zero attached hydrogens (tertiary/aromatic N) is 1. The number of hydrogen-bond acceptors (Lipinski definition) is 4. The summed E-state index contributed by atoms with van der Waals surface area (Å²) in [7, 11) is 1.59. The standard InChI is InChI=1S/C15H21BrN2O4/c1-10(15(20)21)18(7-6-17-11(2)19)9-12-4-5-13(22-3)8-14(12)16/h4-5,8,10H,6-7,9H2,1-3H3,(H,17,19)(H,20,21). The summed E-state index contributed by atoms with van der Waals surface area (Å²) in [5.41, 5.74) is 0.955. The predicted molar refractivity (Wildman–Crippen MR) is 86.9 cm³/mol. The van der Waals surface area contributed by atoms with Gasteiger partial charge in [-0.2, -0.15) is 0 Å². The molecule has 1 unspecified atom stereocenters. The first-order valence-corrected chi connectivity index (χ1v) is 7.68. The first-order chi connectivity index (χ1) is 10.3. The third kappa shape index (κ3) is 5.65. The van der Waals surface area contributed by atoms with Crippen molar-refractivity contribution in [2.75, 3.05) is 20.2 Å². The van der Waals surface area contributed by atoms with Crippen LogP contribution in [-0.4, -0.2) is 48.1 Å². The predicted octanol–water partition coefficient (Wildman–Crippen LogP) is 1.87. The number of ether oxygens (including phenoxy) is 1. The van der Waals surface area contributed by atoms with Crippen LogP contribution in [-0.2, 0) is 16.1 Å². The van der Waals surface area contributed by atoms with E-state index in [2.05, 4.69) is 21.2 Å². The van der Waals surface area contributed by atoms with Crippen molar-refractivity contribution in [3.63, 3.8) is 0 Å². The van der Waals surface area contributed by atoms with E-state index in [0.717, 1.165) is 15.8 Å². The monoisotopic (exact) mass is 372 g/mol. The molecule has 0 saturated heterocycles. The summed E-state index contributed by atoms with van der Waals surface area (Å²) in [5.74, 6) is -0.298. The van der Waals surface area contributed by atoms with Gasteiger partial charge in [0.1, 0.15) is 11.8 Å². The highest BCUT2D eigenvalue weighted by Crippen LogP contribution is 2.24. The van der Waals surface area contributed by atoms with Gasteiger partial charge in [-0.1, -0.05) is 22.0 Å². The molecular formula is C15H21BrN2O4. The molecule has 2 N–H and O–H groups in total. The minimum Gasteiger partial charge on any atom is -0.497 e. The highest BCUT2D eigenvalue weighted by atomic mass is 79.9. The van der Waals surface area contributed by atoms with E-state index in [4.69, 9.17) is 4.74 Å². The van der Waals surface area contributed by atoms with Crippen molar-refractivity contribution in [3.8, 4) is 5.75 Å². The fourth-order valence-electron chi connectivity index (χ4n) is 1.94. The van der Waals surface area contributed by atoms with Gasteiger partial charge in [0.25, 0.3) is 0 Å². The summed E-state index contributed by atoms with van der Waals surface area (Å²) in [6, 6.07) is 4.91. The van der Waals surface area contributed by atoms with Crippen LogP contribution in [0, 0.1) is 0 Å². The number of amides is 1. The van der Waals surface area contributed by atoms with Gasteiger partial charge in [-0.25, -0.2) is 0 Å². The molecule has 7 heteroatoms. The number of carbonyl (C=O) groups excluding carboxylic acids is 1. The van der Waals surface area contributed by atoms with Crippen LogP contribution in [0.1, 0.15) is 19.4 Å². The van der Waals surface area contributed by atoms with Crippen LogP contribution in [0.5, 0.6) is 5.75 Å². The van der Waals surface area contributed by atoms with Gasteiger partial charge in [-0.3, -0.25) is 14.5 Å². The summed E-state index contributed by atoms with van der Waals surface area (Å²) in [6.45, 7) is 4.38. The number of nitrogens with one attached hydrogen (secondary N) is 1. The number of halogens is 1. The van der Waals surface area contributed by atoms with E-state index in [9.17, 15) is 14.7 Å². The number of methoxy groups -OCH3 is 1. The Bertz CT molecular complexity index is 536. The van der Waals surface area contributed by atoms with Crippen LogP contribution < -0.4 is 10.1 Å². The number of carboxylic acids is 1. The van der Waals surface area contributed by atoms with Crippen LogP contribution in [0.4, 0.5) is 0 Å². The summed E-state index contributed by atoms with van der Waals surface area (Å²) >= 11 is 3.47. The lowest BCUT2D eigenvalue weighted by Gasteiger charge is -2.27. The lowest BCUT2D eigenvalue weighted by Crippen LogP contribution is -2.42. The van der Waals surface area contributed by atoms with Gasteiger partial charge in [0.2, 0.25) is 5.91 Å². The topological polar surface area (TPSA) is 78.9 Å². The molecule has 0 saturated carbocycles. The zero-order chi connectivity index (χ0) is 16.7. The van der Waals surface area contributed by atoms with Gasteiger partial charge in [-0.05, 0) is 24.6 Å². The first-order valence-electron chi connectivity index (χ1n) is 6.89. The van der Waals surface area contributed by atoms with Gasteiger partial charge in [0.15, 0.2) is 0 Å². The average Bonchev–Trinajstić information content (AvgIpc) is 2.46. The van der Waals surface area contributed by atoms with Crippen LogP contribution >= 0.6 is 15.9 Å². The molecule has 122 valence electrons. The Morgan fingerprint density at radius 2 is 2.14 bits per heavy atom. The Balaban J connectivity index is 2.82. The van der Waals surface area contributed by atoms with Crippen LogP contribution in [0.3, 0.4) is 0 Å². The van der Waals surface area contributed by atoms with E-state index in [1.165, 1.54) is 6.92 Å². The smallest absolute Gasteiger partial charge is 0.320 e. The third-order valence-corrected chi connectivity index (χ3v) is 4.05. The van der Waals surface area contributed by atoms with E-state index < -0.39 is 12.0 Å². The normalized spacial score (nSPS) is 12.0. The fourth-order valence-corrected chi connectivity index (χ4v) is 2.43. The summed E-state index contributed by atoms with van der Waals surface area (Å²) in [6.07, 6.45) is 0. The van der Waals surface area contributed by atoms with Crippen molar-refractivity contribution in [2.24, 2.45) is 0 Å². The second-order valence-corrected chi connectivity index (χ2v) is 5.78. The molecule has 22 heavy (non-hydrogen) atoms. The molecule has 1 amide bonds. The highest BCUT2D eigenvalue weighted by Gasteiger charge is 2.21. The van der Waals surface area contributed by atoms with E-state index in [1.807, 2.05) is 18.2 Å². The molecule has 1 aromatic carbocycles. The van der Waals surface area contributed by atoms with Crippen molar-refractivity contribution < 1.29 is 19.4 Å². The summed E-state index contributed by atoms with van der Waals surface area (Å²) in [4.78, 5) is 24.0. The molecule has 0 radical (unpaired) electrons. The molecule has 0 aliphatic rings. The fraction of sp³-hybridized carbons (Fsp3) is 0.467. The minimum atomic E-state index is -0.896. The highest BCUT2D eigenvalue weighted by molar-refractivity contribution is 9.10. The SMILES string of the molecule is COc1ccc(CN(CCNC(C)=O)C(C)C(=O)O)c(Br)c1. The number of carbonyl (C=O) groups is 2. The Labute approximate surface area is 138 Å². The van der Waals surface area contributed by atoms with Crippen molar-refractivity contribution in [2.45, 2.75) is 26.4 Å². The molecule has 0 spiro atoms. The second kappa shape index (κ2) is 8.75. The van der Waals surface area contributed by atoms with Crippen molar-refractivity contribution in [1.29, 1.82) is 0 Å². The number of rotatable bonds is 8. The number of hydrogen-bond donors (Lipinski definition) is 2. The molecule has 0 heterocycles. The van der Waals surface area contributed by atoms with Crippen molar-refractivity contribution >= 4 is 27.8 Å². The van der Waals surface area contributed by atoms with Gasteiger partial charge in [0.05, 0.1) is 7.11 Å². The second-order valence-electron chi connectivity index (χ2n) is 4.92. The van der Waals surface area contributed by atoms with Crippen LogP contribution in [0.2, 0.25) is 0 Å². The molecular weight excluding hydrogens is 352 g/mol. The number of carboxylic acid groups (broad SMARTS) is 1. The summed E-state index contributed by atoms with van der Waals surface area (Å²) in [5, 5.41) is 11.9. The largest absolute Gasteiger partial charge is 0.497 e. The molecule has 6 nitrogen and oxygen atoms in total. The van der Waals surface area contributed by atoms with E-state index in [-0.39, 0.29) is 5.91 Å². The first kappa shape index (κ1) is 18.4. The Morgan fingerprint density at radius 1 is 1.45 bits per heavy atom. The maximum atomic E-state index is 11.3. The van der Waals surface area contributed by atoms with Crippen molar-refractivity contribution in [3.05, 3.63) is 28.2 Å². The molecule has 1 atom stereocenters. The molecule has 0 aliphatic carbocycles. The Morgan fingerprint density at radius 3 is 2.64 bits per heavy atom. The lowest BCUT2D eigenvalue weighted by molar-refractivity contribution is -0.142. The molecule has 0 aromatic heterocycles. The van der Waals surface area contributed by atoms with Gasteiger partial charge in [-0.15, -0.1) is 0 Å². The molecule has 1 rings (SSSR count). The lowest BCUT2D eigenvalue weighted by atomic mass is 10.1. The molecule has 0 bridgehead atoms. The quantitative estimate of drug-likeness (QED) is 0.728. The van der Waals surface area contributed by atoms with E-state index in [1.54, 1.807) is 18.9 Å². The van der Waals surface area contributed by atoms with Gasteiger partial charge in [0, 0.05) is 31.0 Å².